The molecule has 158 valence electrons. The van der Waals surface area contributed by atoms with E-state index in [0.717, 1.165) is 11.4 Å². The second kappa shape index (κ2) is 9.11. The number of methoxy groups -OCH3 is 2. The van der Waals surface area contributed by atoms with Crippen molar-refractivity contribution in [2.24, 2.45) is 0 Å². The molecule has 0 spiro atoms. The van der Waals surface area contributed by atoms with E-state index in [4.69, 9.17) is 9.47 Å². The van der Waals surface area contributed by atoms with Crippen LogP contribution in [0, 0.1) is 0 Å². The van der Waals surface area contributed by atoms with Crippen molar-refractivity contribution in [1.29, 1.82) is 0 Å². The molecule has 0 aromatic heterocycles. The number of ether oxygens (including phenoxy) is 2. The minimum absolute atomic E-state index is 0.0151. The molecule has 1 atom stereocenters. The molecule has 1 aliphatic rings. The number of nitrogens with zero attached hydrogens (tertiary/aromatic N) is 1. The van der Waals surface area contributed by atoms with Crippen LogP contribution in [0.2, 0.25) is 0 Å². The second-order valence-corrected chi connectivity index (χ2v) is 9.94. The number of hydrogen-bond acceptors (Lipinski definition) is 5. The van der Waals surface area contributed by atoms with Crippen molar-refractivity contribution in [2.45, 2.75) is 37.6 Å². The minimum atomic E-state index is -3.64. The number of sulfonamides is 1. The zero-order valence-corrected chi connectivity index (χ0v) is 18.2. The fraction of sp³-hybridized carbons (Fsp3) is 0.632. The first-order valence-electron chi connectivity index (χ1n) is 9.43. The topological polar surface area (TPSA) is 89.4 Å². The quantitative estimate of drug-likeness (QED) is 0.679. The Morgan fingerprint density at radius 3 is 2.43 bits per heavy atom. The van der Waals surface area contributed by atoms with Gasteiger partial charge in [-0.3, -0.25) is 4.79 Å². The molecule has 0 saturated carbocycles. The average Bonchev–Trinajstić information content (AvgIpc) is 2.85. The van der Waals surface area contributed by atoms with Gasteiger partial charge in [-0.2, -0.15) is 4.31 Å². The Labute approximate surface area is 167 Å². The Balaban J connectivity index is 2.07. The van der Waals surface area contributed by atoms with Crippen molar-refractivity contribution in [2.75, 3.05) is 46.9 Å². The van der Waals surface area contributed by atoms with Crippen LogP contribution in [0.4, 0.5) is 0 Å². The molecule has 1 fully saturated rings. The van der Waals surface area contributed by atoms with E-state index >= 15 is 0 Å². The molecule has 1 heterocycles. The summed E-state index contributed by atoms with van der Waals surface area (Å²) in [5.41, 5.74) is -0.273. The number of carbonyl (C=O) groups is 1. The third-order valence-electron chi connectivity index (χ3n) is 4.57. The van der Waals surface area contributed by atoms with Gasteiger partial charge in [0.15, 0.2) is 18.0 Å². The van der Waals surface area contributed by atoms with Crippen LogP contribution < -0.4 is 19.7 Å². The van der Waals surface area contributed by atoms with Gasteiger partial charge in [-0.15, -0.1) is 0 Å². The van der Waals surface area contributed by atoms with Crippen LogP contribution in [0.3, 0.4) is 0 Å². The van der Waals surface area contributed by atoms with E-state index in [2.05, 4.69) is 5.32 Å². The predicted molar refractivity (Wildman–Crippen MR) is 106 cm³/mol. The standard InChI is InChI=1S/C19H31N3O5S/c1-19(2,3)20-18(23)14-21-9-6-10-22(12-11-21)28(24,25)15-7-8-16(26-4)17(13-15)27-5/h7-8,13H,6,9-12,14H2,1-5H3,(H,20,23)/p+1. The Kier molecular flexibility index (Phi) is 7.30. The summed E-state index contributed by atoms with van der Waals surface area (Å²) in [5.74, 6) is 0.848. The molecule has 2 rings (SSSR count). The monoisotopic (exact) mass is 414 g/mol. The fourth-order valence-electron chi connectivity index (χ4n) is 3.26. The van der Waals surface area contributed by atoms with E-state index < -0.39 is 10.0 Å². The highest BCUT2D eigenvalue weighted by Crippen LogP contribution is 2.30. The first-order valence-corrected chi connectivity index (χ1v) is 10.9. The van der Waals surface area contributed by atoms with Crippen molar-refractivity contribution in [3.63, 3.8) is 0 Å². The molecule has 1 unspecified atom stereocenters. The first-order chi connectivity index (χ1) is 13.1. The third-order valence-corrected chi connectivity index (χ3v) is 6.46. The van der Waals surface area contributed by atoms with Gasteiger partial charge in [0, 0.05) is 24.6 Å². The lowest BCUT2D eigenvalue weighted by Crippen LogP contribution is -3.13. The summed E-state index contributed by atoms with van der Waals surface area (Å²) in [5, 5.41) is 2.96. The number of quaternary nitrogens is 1. The summed E-state index contributed by atoms with van der Waals surface area (Å²) in [6, 6.07) is 4.61. The summed E-state index contributed by atoms with van der Waals surface area (Å²) in [6.07, 6.45) is 0.699. The minimum Gasteiger partial charge on any atom is -0.493 e. The number of benzene rings is 1. The van der Waals surface area contributed by atoms with Crippen LogP contribution in [-0.2, 0) is 14.8 Å². The summed E-state index contributed by atoms with van der Waals surface area (Å²) in [4.78, 5) is 13.4. The second-order valence-electron chi connectivity index (χ2n) is 8.00. The van der Waals surface area contributed by atoms with E-state index in [1.54, 1.807) is 6.07 Å². The smallest absolute Gasteiger partial charge is 0.275 e. The molecule has 2 N–H and O–H groups in total. The lowest BCUT2D eigenvalue weighted by molar-refractivity contribution is -0.889. The van der Waals surface area contributed by atoms with E-state index in [1.165, 1.54) is 30.7 Å². The maximum absolute atomic E-state index is 13.1. The van der Waals surface area contributed by atoms with E-state index in [1.807, 2.05) is 20.8 Å². The normalized spacial score (nSPS) is 19.0. The van der Waals surface area contributed by atoms with Gasteiger partial charge in [-0.25, -0.2) is 8.42 Å². The van der Waals surface area contributed by atoms with Crippen molar-refractivity contribution >= 4 is 15.9 Å². The zero-order valence-electron chi connectivity index (χ0n) is 17.4. The summed E-state index contributed by atoms with van der Waals surface area (Å²) >= 11 is 0. The first kappa shape index (κ1) is 22.4. The fourth-order valence-corrected chi connectivity index (χ4v) is 4.75. The number of rotatable bonds is 6. The van der Waals surface area contributed by atoms with Crippen LogP contribution in [0.5, 0.6) is 11.5 Å². The Bertz CT molecular complexity index is 789. The summed E-state index contributed by atoms with van der Waals surface area (Å²) in [7, 11) is -0.656. The number of nitrogens with one attached hydrogen (secondary N) is 2. The van der Waals surface area contributed by atoms with Crippen molar-refractivity contribution in [1.82, 2.24) is 9.62 Å². The van der Waals surface area contributed by atoms with Crippen LogP contribution in [0.1, 0.15) is 27.2 Å². The van der Waals surface area contributed by atoms with Gasteiger partial charge in [-0.05, 0) is 32.9 Å². The molecule has 8 nitrogen and oxygen atoms in total. The summed E-state index contributed by atoms with van der Waals surface area (Å²) in [6.45, 7) is 8.33. The Morgan fingerprint density at radius 1 is 1.14 bits per heavy atom. The Morgan fingerprint density at radius 2 is 1.82 bits per heavy atom. The molecule has 1 saturated heterocycles. The molecule has 9 heteroatoms. The molecule has 28 heavy (non-hydrogen) atoms. The lowest BCUT2D eigenvalue weighted by Gasteiger charge is -2.23. The molecule has 0 radical (unpaired) electrons. The largest absolute Gasteiger partial charge is 0.493 e. The maximum Gasteiger partial charge on any atom is 0.275 e. The molecule has 1 aromatic carbocycles. The molecule has 0 bridgehead atoms. The van der Waals surface area contributed by atoms with Gasteiger partial charge in [-0.1, -0.05) is 0 Å². The van der Waals surface area contributed by atoms with E-state index in [9.17, 15) is 13.2 Å². The highest BCUT2D eigenvalue weighted by Gasteiger charge is 2.30. The molecule has 1 aliphatic heterocycles. The highest BCUT2D eigenvalue weighted by atomic mass is 32.2. The van der Waals surface area contributed by atoms with Gasteiger partial charge in [0.2, 0.25) is 10.0 Å². The van der Waals surface area contributed by atoms with Crippen LogP contribution >= 0.6 is 0 Å². The lowest BCUT2D eigenvalue weighted by atomic mass is 10.1. The highest BCUT2D eigenvalue weighted by molar-refractivity contribution is 7.89. The van der Waals surface area contributed by atoms with Crippen LogP contribution in [-0.4, -0.2) is 71.1 Å². The third kappa shape index (κ3) is 5.83. The van der Waals surface area contributed by atoms with Crippen LogP contribution in [0.25, 0.3) is 0 Å². The molecular formula is C19H32N3O5S+. The Hall–Kier alpha value is -1.84. The van der Waals surface area contributed by atoms with Gasteiger partial charge in [0.05, 0.1) is 38.7 Å². The number of hydrogen-bond donors (Lipinski definition) is 2. The predicted octanol–water partition coefficient (Wildman–Crippen LogP) is -0.102. The van der Waals surface area contributed by atoms with Gasteiger partial charge in [0.1, 0.15) is 0 Å². The van der Waals surface area contributed by atoms with Crippen LogP contribution in [0.15, 0.2) is 23.1 Å². The summed E-state index contributed by atoms with van der Waals surface area (Å²) < 4.78 is 38.0. The van der Waals surface area contributed by atoms with E-state index in [-0.39, 0.29) is 16.3 Å². The van der Waals surface area contributed by atoms with Gasteiger partial charge < -0.3 is 19.7 Å². The molecule has 1 amide bonds. The number of carbonyl (C=O) groups excluding carboxylic acids is 1. The number of amides is 1. The average molecular weight is 415 g/mol. The van der Waals surface area contributed by atoms with Crippen molar-refractivity contribution in [3.8, 4) is 11.5 Å². The van der Waals surface area contributed by atoms with Gasteiger partial charge in [0.25, 0.3) is 5.91 Å². The van der Waals surface area contributed by atoms with Crippen molar-refractivity contribution in [3.05, 3.63) is 18.2 Å². The van der Waals surface area contributed by atoms with Gasteiger partial charge >= 0.3 is 0 Å². The molecular weight excluding hydrogens is 382 g/mol. The van der Waals surface area contributed by atoms with Crippen molar-refractivity contribution < 1.29 is 27.6 Å². The zero-order chi connectivity index (χ0) is 20.9. The maximum atomic E-state index is 13.1. The SMILES string of the molecule is COc1ccc(S(=O)(=O)N2CCC[NH+](CC(=O)NC(C)(C)C)CC2)cc1OC. The molecule has 1 aromatic rings. The van der Waals surface area contributed by atoms with E-state index in [0.29, 0.717) is 44.1 Å². The molecule has 0 aliphatic carbocycles.